The van der Waals surface area contributed by atoms with Crippen LogP contribution in [0.15, 0.2) is 248 Å². The summed E-state index contributed by atoms with van der Waals surface area (Å²) in [5, 5.41) is 7.78. The molecule has 358 valence electrons. The van der Waals surface area contributed by atoms with Crippen LogP contribution in [0.4, 0.5) is 0 Å². The molecule has 13 rings (SSSR count). The molecule has 2 N–H and O–H groups in total. The second kappa shape index (κ2) is 18.9. The molecular weight excluding hydrogens is 891 g/mol. The van der Waals surface area contributed by atoms with Gasteiger partial charge in [0.25, 0.3) is 0 Å². The van der Waals surface area contributed by atoms with E-state index in [9.17, 15) is 0 Å². The summed E-state index contributed by atoms with van der Waals surface area (Å²) in [6, 6.07) is 55.5. The van der Waals surface area contributed by atoms with Crippen molar-refractivity contribution in [1.29, 1.82) is 0 Å². The van der Waals surface area contributed by atoms with Gasteiger partial charge < -0.3 is 5.73 Å². The summed E-state index contributed by atoms with van der Waals surface area (Å²) >= 11 is 0. The van der Waals surface area contributed by atoms with Gasteiger partial charge in [-0.05, 0) is 197 Å². The van der Waals surface area contributed by atoms with Gasteiger partial charge in [0.1, 0.15) is 0 Å². The molecule has 1 nitrogen and oxygen atoms in total. The van der Waals surface area contributed by atoms with Crippen molar-refractivity contribution in [3.63, 3.8) is 0 Å². The largest absolute Gasteiger partial charge is 0.320 e. The highest BCUT2D eigenvalue weighted by Crippen LogP contribution is 2.65. The number of allylic oxidation sites excluding steroid dienone is 15. The molecule has 3 atom stereocenters. The van der Waals surface area contributed by atoms with Crippen LogP contribution in [0.25, 0.3) is 77.4 Å². The molecule has 0 saturated heterocycles. The molecule has 4 bridgehead atoms. The Hall–Kier alpha value is -8.36. The monoisotopic (exact) mass is 951 g/mol. The fourth-order valence-corrected chi connectivity index (χ4v) is 13.2. The number of aryl methyl sites for hydroxylation is 3. The fraction of sp³-hybridized carbons (Fsp3) is 0.123. The number of nitrogens with two attached hydrogens (primary N) is 1. The summed E-state index contributed by atoms with van der Waals surface area (Å²) in [7, 11) is 0. The van der Waals surface area contributed by atoms with E-state index >= 15 is 0 Å². The van der Waals surface area contributed by atoms with Crippen molar-refractivity contribution in [3.05, 3.63) is 298 Å². The average molecular weight is 952 g/mol. The third-order valence-electron chi connectivity index (χ3n) is 16.4. The van der Waals surface area contributed by atoms with Crippen molar-refractivity contribution in [1.82, 2.24) is 0 Å². The standard InChI is InChI=1S/C37H31N.C36H30/c1-5-13-30-26(7-3)28-16-10-11-19-31(28)37(30)25-15-9-8-14-24(21-25)33-35(37)29-18-12-17-27-22(4)20-23(6-2)32(34(27)29)36(33)38;1-25-18-19-29-20-21-34-26(2)36(29)33(25)16-10-5-11-17-35(34)32-23-30(27-12-6-3-7-13-27)22-31(24-32)28-14-8-4-9-15-28/h5-21,25,36H,2-3,38H2,1,4H3;3,5-8,10-24H,4,9H2,1-2H3/b13-5-;. The molecule has 0 amide bonds. The minimum Gasteiger partial charge on any atom is -0.320 e. The lowest BCUT2D eigenvalue weighted by Crippen LogP contribution is -2.41. The number of hydrogen-bond donors (Lipinski definition) is 1. The summed E-state index contributed by atoms with van der Waals surface area (Å²) in [5.41, 5.74) is 30.9. The van der Waals surface area contributed by atoms with Crippen molar-refractivity contribution in [2.45, 2.75) is 52.0 Å². The van der Waals surface area contributed by atoms with Gasteiger partial charge in [-0.1, -0.05) is 220 Å². The van der Waals surface area contributed by atoms with Gasteiger partial charge in [-0.25, -0.2) is 0 Å². The van der Waals surface area contributed by atoms with Crippen LogP contribution in [0.5, 0.6) is 0 Å². The van der Waals surface area contributed by atoms with E-state index in [0.717, 1.165) is 18.4 Å². The summed E-state index contributed by atoms with van der Waals surface area (Å²) < 4.78 is 0. The predicted molar refractivity (Wildman–Crippen MR) is 319 cm³/mol. The third kappa shape index (κ3) is 7.32. The van der Waals surface area contributed by atoms with Crippen molar-refractivity contribution in [2.75, 3.05) is 0 Å². The van der Waals surface area contributed by atoms with Gasteiger partial charge in [0.15, 0.2) is 0 Å². The first kappa shape index (κ1) is 46.7. The van der Waals surface area contributed by atoms with Crippen LogP contribution >= 0.6 is 0 Å². The van der Waals surface area contributed by atoms with Gasteiger partial charge in [-0.3, -0.25) is 0 Å². The second-order valence-corrected chi connectivity index (χ2v) is 20.4. The Morgan fingerprint density at radius 2 is 1.31 bits per heavy atom. The number of rotatable bonds is 6. The van der Waals surface area contributed by atoms with Crippen LogP contribution in [-0.4, -0.2) is 0 Å². The second-order valence-electron chi connectivity index (χ2n) is 20.4. The zero-order chi connectivity index (χ0) is 50.7. The highest BCUT2D eigenvalue weighted by atomic mass is 14.7. The van der Waals surface area contributed by atoms with Crippen LogP contribution < -0.4 is 5.73 Å². The Morgan fingerprint density at radius 3 is 2.11 bits per heavy atom. The van der Waals surface area contributed by atoms with Gasteiger partial charge in [0.05, 0.1) is 11.5 Å². The highest BCUT2D eigenvalue weighted by molar-refractivity contribution is 6.10. The number of hydrogen-bond acceptors (Lipinski definition) is 1. The normalized spacial score (nSPS) is 19.0. The maximum Gasteiger partial charge on any atom is 0.0573 e. The summed E-state index contributed by atoms with van der Waals surface area (Å²) in [4.78, 5) is 0. The predicted octanol–water partition coefficient (Wildman–Crippen LogP) is 18.9. The molecule has 1 spiro atoms. The van der Waals surface area contributed by atoms with E-state index < -0.39 is 5.41 Å². The summed E-state index contributed by atoms with van der Waals surface area (Å²) in [6.07, 6.45) is 29.1. The molecule has 1 heteroatoms. The molecule has 0 heterocycles. The van der Waals surface area contributed by atoms with Crippen LogP contribution in [0.1, 0.15) is 75.9 Å². The maximum atomic E-state index is 7.38. The van der Waals surface area contributed by atoms with Crippen LogP contribution in [0.2, 0.25) is 0 Å². The molecule has 3 unspecified atom stereocenters. The Morgan fingerprint density at radius 1 is 0.595 bits per heavy atom. The lowest BCUT2D eigenvalue weighted by molar-refractivity contribution is 0.552. The zero-order valence-electron chi connectivity index (χ0n) is 42.9. The van der Waals surface area contributed by atoms with E-state index in [1.165, 1.54) is 133 Å². The van der Waals surface area contributed by atoms with E-state index in [0.29, 0.717) is 0 Å². The van der Waals surface area contributed by atoms with E-state index in [1.54, 1.807) is 0 Å². The molecule has 8 aromatic carbocycles. The molecule has 0 radical (unpaired) electrons. The molecule has 0 saturated carbocycles. The number of benzene rings is 7. The first-order valence-electron chi connectivity index (χ1n) is 26.3. The van der Waals surface area contributed by atoms with Crippen molar-refractivity contribution >= 4 is 55.1 Å². The Balaban J connectivity index is 0.000000150. The highest BCUT2D eigenvalue weighted by Gasteiger charge is 2.55. The lowest BCUT2D eigenvalue weighted by atomic mass is 9.54. The van der Waals surface area contributed by atoms with Crippen LogP contribution in [-0.2, 0) is 5.41 Å². The zero-order valence-corrected chi connectivity index (χ0v) is 42.9. The van der Waals surface area contributed by atoms with Crippen molar-refractivity contribution in [3.8, 4) is 22.3 Å². The fourth-order valence-electron chi connectivity index (χ4n) is 13.2. The van der Waals surface area contributed by atoms with E-state index in [4.69, 9.17) is 5.73 Å². The first-order valence-corrected chi connectivity index (χ1v) is 26.3. The third-order valence-corrected chi connectivity index (χ3v) is 16.4. The lowest BCUT2D eigenvalue weighted by Gasteiger charge is -2.48. The SMILES string of the molecule is C=CC1=C(/C=C\C)C2(C3=C(C4=CC2C=CC=C4)C(N)c2c(C=C)cc(C)c4cccc3c24)c2ccccc21.Cc1ccc2ccc3c(-c4cc(C5=CCCC=C5)cc(-c5ccccc5)c4)cccccc1c2c3C. The molecule has 5 aliphatic rings. The molecular formula is C73H61N. The van der Waals surface area contributed by atoms with Crippen LogP contribution in [0, 0.1) is 26.7 Å². The molecule has 74 heavy (non-hydrogen) atoms. The molecule has 0 fully saturated rings. The van der Waals surface area contributed by atoms with Crippen LogP contribution in [0.3, 0.4) is 0 Å². The minimum atomic E-state index is -0.421. The first-order chi connectivity index (χ1) is 36.3. The van der Waals surface area contributed by atoms with Gasteiger partial charge in [-0.2, -0.15) is 0 Å². The minimum absolute atomic E-state index is 0.128. The average Bonchev–Trinajstić information content (AvgIpc) is 3.58. The molecule has 0 aromatic heterocycles. The van der Waals surface area contributed by atoms with Gasteiger partial charge >= 0.3 is 0 Å². The topological polar surface area (TPSA) is 26.0 Å². The Bertz CT molecular complexity index is 3980. The van der Waals surface area contributed by atoms with Gasteiger partial charge in [0.2, 0.25) is 0 Å². The van der Waals surface area contributed by atoms with Crippen molar-refractivity contribution < 1.29 is 0 Å². The summed E-state index contributed by atoms with van der Waals surface area (Å²) in [5.74, 6) is 0.128. The summed E-state index contributed by atoms with van der Waals surface area (Å²) in [6.45, 7) is 17.3. The molecule has 0 aliphatic heterocycles. The molecule has 5 aliphatic carbocycles. The van der Waals surface area contributed by atoms with Gasteiger partial charge in [-0.15, -0.1) is 0 Å². The molecule has 8 aromatic rings. The van der Waals surface area contributed by atoms with Crippen molar-refractivity contribution in [2.24, 2.45) is 11.7 Å². The Labute approximate surface area is 437 Å². The smallest absolute Gasteiger partial charge is 0.0573 e. The Kier molecular flexibility index (Phi) is 11.9. The quantitative estimate of drug-likeness (QED) is 0.177. The van der Waals surface area contributed by atoms with Gasteiger partial charge in [0, 0.05) is 5.92 Å². The van der Waals surface area contributed by atoms with E-state index in [-0.39, 0.29) is 12.0 Å². The van der Waals surface area contributed by atoms with E-state index in [2.05, 4.69) is 253 Å². The number of fused-ring (bicyclic) bond motifs is 8. The maximum absolute atomic E-state index is 7.38. The van der Waals surface area contributed by atoms with E-state index in [1.807, 2.05) is 12.2 Å².